The van der Waals surface area contributed by atoms with Crippen LogP contribution in [0, 0.1) is 17.2 Å². The molecular formula is C13H13ClN2O2. The van der Waals surface area contributed by atoms with Gasteiger partial charge < -0.3 is 10.0 Å². The molecule has 0 spiro atoms. The average Bonchev–Trinajstić information content (AvgIpc) is 2.38. The van der Waals surface area contributed by atoms with Gasteiger partial charge in [-0.3, -0.25) is 4.79 Å². The second-order valence-electron chi connectivity index (χ2n) is 4.37. The Morgan fingerprint density at radius 3 is 2.67 bits per heavy atom. The highest BCUT2D eigenvalue weighted by Gasteiger charge is 2.25. The smallest absolute Gasteiger partial charge is 0.306 e. The van der Waals surface area contributed by atoms with E-state index in [9.17, 15) is 4.79 Å². The molecule has 0 bridgehead atoms. The SMILES string of the molecule is N#Cc1cc(Cl)ccc1N1CCC(C(=O)O)CC1. The highest BCUT2D eigenvalue weighted by molar-refractivity contribution is 6.30. The van der Waals surface area contributed by atoms with Crippen LogP contribution in [0.25, 0.3) is 0 Å². The lowest BCUT2D eigenvalue weighted by molar-refractivity contribution is -0.142. The molecule has 1 heterocycles. The normalized spacial score (nSPS) is 16.3. The number of piperidine rings is 1. The third-order valence-corrected chi connectivity index (χ3v) is 3.50. The molecule has 0 atom stereocenters. The van der Waals surface area contributed by atoms with E-state index >= 15 is 0 Å². The monoisotopic (exact) mass is 264 g/mol. The summed E-state index contributed by atoms with van der Waals surface area (Å²) in [6.07, 6.45) is 1.23. The van der Waals surface area contributed by atoms with Crippen LogP contribution in [0.15, 0.2) is 18.2 Å². The molecule has 1 N–H and O–H groups in total. The molecule has 0 unspecified atom stereocenters. The summed E-state index contributed by atoms with van der Waals surface area (Å²) < 4.78 is 0. The van der Waals surface area contributed by atoms with Gasteiger partial charge in [-0.15, -0.1) is 0 Å². The fourth-order valence-electron chi connectivity index (χ4n) is 2.24. The number of carboxylic acid groups (broad SMARTS) is 1. The zero-order chi connectivity index (χ0) is 13.1. The third-order valence-electron chi connectivity index (χ3n) is 3.26. The molecule has 0 saturated carbocycles. The fourth-order valence-corrected chi connectivity index (χ4v) is 2.41. The molecule has 2 rings (SSSR count). The first-order valence-electron chi connectivity index (χ1n) is 5.79. The summed E-state index contributed by atoms with van der Waals surface area (Å²) in [5.41, 5.74) is 1.38. The number of rotatable bonds is 2. The minimum atomic E-state index is -0.730. The van der Waals surface area contributed by atoms with Crippen molar-refractivity contribution >= 4 is 23.3 Å². The van der Waals surface area contributed by atoms with Crippen LogP contribution >= 0.6 is 11.6 Å². The molecule has 1 aliphatic heterocycles. The summed E-state index contributed by atoms with van der Waals surface area (Å²) in [7, 11) is 0. The Hall–Kier alpha value is -1.73. The number of halogens is 1. The van der Waals surface area contributed by atoms with Gasteiger partial charge in [0.25, 0.3) is 0 Å². The number of carbonyl (C=O) groups is 1. The molecule has 1 aromatic carbocycles. The lowest BCUT2D eigenvalue weighted by Crippen LogP contribution is -2.36. The fraction of sp³-hybridized carbons (Fsp3) is 0.385. The predicted octanol–water partition coefficient (Wildman–Crippen LogP) is 2.51. The summed E-state index contributed by atoms with van der Waals surface area (Å²) in [5.74, 6) is -0.995. The second-order valence-corrected chi connectivity index (χ2v) is 4.81. The van der Waals surface area contributed by atoms with Crippen molar-refractivity contribution in [1.29, 1.82) is 5.26 Å². The lowest BCUT2D eigenvalue weighted by Gasteiger charge is -2.32. The molecule has 0 amide bonds. The first kappa shape index (κ1) is 12.7. The van der Waals surface area contributed by atoms with Crippen molar-refractivity contribution in [3.8, 4) is 6.07 Å². The Bertz CT molecular complexity index is 502. The van der Waals surface area contributed by atoms with E-state index in [0.29, 0.717) is 36.5 Å². The number of aliphatic carboxylic acids is 1. The minimum absolute atomic E-state index is 0.265. The quantitative estimate of drug-likeness (QED) is 0.891. The van der Waals surface area contributed by atoms with E-state index in [1.165, 1.54) is 0 Å². The summed E-state index contributed by atoms with van der Waals surface area (Å²) in [6, 6.07) is 7.34. The van der Waals surface area contributed by atoms with Gasteiger partial charge in [0.1, 0.15) is 6.07 Å². The van der Waals surface area contributed by atoms with Crippen LogP contribution in [0.5, 0.6) is 0 Å². The van der Waals surface area contributed by atoms with Gasteiger partial charge in [-0.25, -0.2) is 0 Å². The zero-order valence-electron chi connectivity index (χ0n) is 9.77. The van der Waals surface area contributed by atoms with Crippen LogP contribution in [0.2, 0.25) is 5.02 Å². The number of carboxylic acids is 1. The highest BCUT2D eigenvalue weighted by atomic mass is 35.5. The predicted molar refractivity (Wildman–Crippen MR) is 68.7 cm³/mol. The highest BCUT2D eigenvalue weighted by Crippen LogP contribution is 2.28. The van der Waals surface area contributed by atoms with Crippen molar-refractivity contribution in [3.63, 3.8) is 0 Å². The van der Waals surface area contributed by atoms with Crippen LogP contribution in [0.3, 0.4) is 0 Å². The molecule has 1 fully saturated rings. The van der Waals surface area contributed by atoms with Crippen molar-refractivity contribution in [2.45, 2.75) is 12.8 Å². The Balaban J connectivity index is 2.15. The summed E-state index contributed by atoms with van der Waals surface area (Å²) in [5, 5.41) is 18.6. The number of nitriles is 1. The van der Waals surface area contributed by atoms with Crippen LogP contribution in [0.1, 0.15) is 18.4 Å². The molecule has 94 valence electrons. The van der Waals surface area contributed by atoms with E-state index in [-0.39, 0.29) is 5.92 Å². The maximum absolute atomic E-state index is 10.9. The Kier molecular flexibility index (Phi) is 3.73. The summed E-state index contributed by atoms with van der Waals surface area (Å²) in [4.78, 5) is 12.9. The van der Waals surface area contributed by atoms with Gasteiger partial charge in [-0.2, -0.15) is 5.26 Å². The zero-order valence-corrected chi connectivity index (χ0v) is 10.5. The van der Waals surface area contributed by atoms with Gasteiger partial charge in [0.15, 0.2) is 0 Å². The Labute approximate surface area is 110 Å². The van der Waals surface area contributed by atoms with Crippen molar-refractivity contribution in [3.05, 3.63) is 28.8 Å². The number of benzene rings is 1. The molecule has 0 aliphatic carbocycles. The summed E-state index contributed by atoms with van der Waals surface area (Å²) in [6.45, 7) is 1.32. The molecule has 1 aromatic rings. The van der Waals surface area contributed by atoms with Crippen molar-refractivity contribution in [2.24, 2.45) is 5.92 Å². The number of nitrogens with zero attached hydrogens (tertiary/aromatic N) is 2. The Morgan fingerprint density at radius 2 is 2.11 bits per heavy atom. The van der Waals surface area contributed by atoms with Crippen LogP contribution in [-0.4, -0.2) is 24.2 Å². The van der Waals surface area contributed by atoms with Gasteiger partial charge >= 0.3 is 5.97 Å². The molecule has 18 heavy (non-hydrogen) atoms. The van der Waals surface area contributed by atoms with E-state index in [0.717, 1.165) is 5.69 Å². The molecule has 5 heteroatoms. The van der Waals surface area contributed by atoms with E-state index in [4.69, 9.17) is 22.0 Å². The topological polar surface area (TPSA) is 64.3 Å². The van der Waals surface area contributed by atoms with Gasteiger partial charge in [-0.1, -0.05) is 11.6 Å². The molecule has 1 saturated heterocycles. The van der Waals surface area contributed by atoms with E-state index < -0.39 is 5.97 Å². The van der Waals surface area contributed by atoms with Crippen molar-refractivity contribution < 1.29 is 9.90 Å². The number of hydrogen-bond acceptors (Lipinski definition) is 3. The van der Waals surface area contributed by atoms with E-state index in [2.05, 4.69) is 6.07 Å². The number of hydrogen-bond donors (Lipinski definition) is 1. The van der Waals surface area contributed by atoms with E-state index in [1.807, 2.05) is 11.0 Å². The van der Waals surface area contributed by atoms with Crippen LogP contribution in [-0.2, 0) is 4.79 Å². The standard InChI is InChI=1S/C13H13ClN2O2/c14-11-1-2-12(10(7-11)8-15)16-5-3-9(4-6-16)13(17)18/h1-2,7,9H,3-6H2,(H,17,18). The molecule has 0 radical (unpaired) electrons. The van der Waals surface area contributed by atoms with Gasteiger partial charge in [0.2, 0.25) is 0 Å². The second kappa shape index (κ2) is 5.28. The third kappa shape index (κ3) is 2.57. The molecule has 4 nitrogen and oxygen atoms in total. The Morgan fingerprint density at radius 1 is 1.44 bits per heavy atom. The first-order chi connectivity index (χ1) is 8.61. The molecule has 0 aromatic heterocycles. The first-order valence-corrected chi connectivity index (χ1v) is 6.17. The maximum Gasteiger partial charge on any atom is 0.306 e. The molecular weight excluding hydrogens is 252 g/mol. The largest absolute Gasteiger partial charge is 0.481 e. The van der Waals surface area contributed by atoms with Crippen molar-refractivity contribution in [2.75, 3.05) is 18.0 Å². The molecule has 1 aliphatic rings. The summed E-state index contributed by atoms with van der Waals surface area (Å²) >= 11 is 5.85. The van der Waals surface area contributed by atoms with E-state index in [1.54, 1.807) is 12.1 Å². The number of anilines is 1. The van der Waals surface area contributed by atoms with Gasteiger partial charge in [-0.05, 0) is 31.0 Å². The van der Waals surface area contributed by atoms with Crippen LogP contribution in [0.4, 0.5) is 5.69 Å². The van der Waals surface area contributed by atoms with Gasteiger partial charge in [0.05, 0.1) is 17.2 Å². The van der Waals surface area contributed by atoms with Gasteiger partial charge in [0, 0.05) is 18.1 Å². The average molecular weight is 265 g/mol. The van der Waals surface area contributed by atoms with Crippen molar-refractivity contribution in [1.82, 2.24) is 0 Å². The minimum Gasteiger partial charge on any atom is -0.481 e. The maximum atomic E-state index is 10.9. The van der Waals surface area contributed by atoms with Crippen LogP contribution < -0.4 is 4.90 Å². The lowest BCUT2D eigenvalue weighted by atomic mass is 9.96.